The van der Waals surface area contributed by atoms with Crippen LogP contribution in [0.3, 0.4) is 0 Å². The molecule has 1 nitrogen and oxygen atoms in total. The van der Waals surface area contributed by atoms with E-state index in [1.54, 1.807) is 13.0 Å². The van der Waals surface area contributed by atoms with E-state index in [4.69, 9.17) is 0 Å². The Bertz CT molecular complexity index is 179. The van der Waals surface area contributed by atoms with Crippen LogP contribution < -0.4 is 0 Å². The summed E-state index contributed by atoms with van der Waals surface area (Å²) in [6, 6.07) is 0. The lowest BCUT2D eigenvalue weighted by molar-refractivity contribution is -0.123. The van der Waals surface area contributed by atoms with Crippen LogP contribution in [0.1, 0.15) is 27.2 Å². The molecule has 0 aliphatic carbocycles. The average molecular weight is 152 g/mol. The predicted octanol–water partition coefficient (Wildman–Crippen LogP) is 2.73. The molecular formula is C10H16O. The number of carbonyl (C=O) groups is 1. The quantitative estimate of drug-likeness (QED) is 0.566. The number of Topliss-reactive ketones (excluding diaryl/α,β-unsaturated/α-hetero) is 1. The van der Waals surface area contributed by atoms with Crippen molar-refractivity contribution in [3.05, 3.63) is 24.8 Å². The van der Waals surface area contributed by atoms with Crippen molar-refractivity contribution in [1.29, 1.82) is 0 Å². The SMILES string of the molecule is C=CC(C)(CC=CC)C(C)=O. The van der Waals surface area contributed by atoms with Crippen molar-refractivity contribution in [3.8, 4) is 0 Å². The molecule has 0 heterocycles. The molecule has 0 rings (SSSR count). The molecule has 0 saturated carbocycles. The van der Waals surface area contributed by atoms with Gasteiger partial charge < -0.3 is 0 Å². The molecule has 0 aromatic carbocycles. The zero-order chi connectivity index (χ0) is 8.91. The second kappa shape index (κ2) is 4.12. The number of carbonyl (C=O) groups excluding carboxylic acids is 1. The lowest BCUT2D eigenvalue weighted by Crippen LogP contribution is -2.21. The summed E-state index contributed by atoms with van der Waals surface area (Å²) in [6.45, 7) is 9.11. The summed E-state index contributed by atoms with van der Waals surface area (Å²) in [6.07, 6.45) is 6.41. The molecule has 0 bridgehead atoms. The van der Waals surface area contributed by atoms with Crippen molar-refractivity contribution in [2.24, 2.45) is 5.41 Å². The van der Waals surface area contributed by atoms with Gasteiger partial charge in [-0.05, 0) is 27.2 Å². The first kappa shape index (κ1) is 10.2. The maximum Gasteiger partial charge on any atom is 0.139 e. The molecule has 0 spiro atoms. The number of rotatable bonds is 4. The first-order valence-electron chi connectivity index (χ1n) is 3.82. The van der Waals surface area contributed by atoms with Gasteiger partial charge in [-0.2, -0.15) is 0 Å². The van der Waals surface area contributed by atoms with Crippen molar-refractivity contribution in [3.63, 3.8) is 0 Å². The molecule has 0 aromatic heterocycles. The summed E-state index contributed by atoms with van der Waals surface area (Å²) in [7, 11) is 0. The molecule has 0 saturated heterocycles. The Morgan fingerprint density at radius 3 is 2.45 bits per heavy atom. The fraction of sp³-hybridized carbons (Fsp3) is 0.500. The van der Waals surface area contributed by atoms with Crippen LogP contribution >= 0.6 is 0 Å². The van der Waals surface area contributed by atoms with E-state index in [-0.39, 0.29) is 11.2 Å². The second-order valence-corrected chi connectivity index (χ2v) is 2.95. The van der Waals surface area contributed by atoms with E-state index in [1.807, 2.05) is 26.0 Å². The third-order valence-corrected chi connectivity index (χ3v) is 2.03. The smallest absolute Gasteiger partial charge is 0.139 e. The van der Waals surface area contributed by atoms with Crippen molar-refractivity contribution in [2.45, 2.75) is 27.2 Å². The van der Waals surface area contributed by atoms with Gasteiger partial charge in [0.15, 0.2) is 0 Å². The zero-order valence-electron chi connectivity index (χ0n) is 7.55. The molecule has 0 aliphatic heterocycles. The lowest BCUT2D eigenvalue weighted by Gasteiger charge is -2.19. The van der Waals surface area contributed by atoms with Crippen LogP contribution in [0.4, 0.5) is 0 Å². The monoisotopic (exact) mass is 152 g/mol. The summed E-state index contributed by atoms with van der Waals surface area (Å²) >= 11 is 0. The highest BCUT2D eigenvalue weighted by Crippen LogP contribution is 2.24. The van der Waals surface area contributed by atoms with Crippen LogP contribution in [-0.2, 0) is 4.79 Å². The summed E-state index contributed by atoms with van der Waals surface area (Å²) in [5.41, 5.74) is -0.369. The van der Waals surface area contributed by atoms with Gasteiger partial charge in [0.25, 0.3) is 0 Å². The van der Waals surface area contributed by atoms with Gasteiger partial charge >= 0.3 is 0 Å². The minimum atomic E-state index is -0.369. The lowest BCUT2D eigenvalue weighted by atomic mass is 9.83. The number of hydrogen-bond donors (Lipinski definition) is 0. The fourth-order valence-electron chi connectivity index (χ4n) is 0.733. The van der Waals surface area contributed by atoms with Gasteiger partial charge in [0.1, 0.15) is 5.78 Å². The second-order valence-electron chi connectivity index (χ2n) is 2.95. The predicted molar refractivity (Wildman–Crippen MR) is 48.4 cm³/mol. The molecule has 0 aromatic rings. The van der Waals surface area contributed by atoms with E-state index in [9.17, 15) is 4.79 Å². The summed E-state index contributed by atoms with van der Waals surface area (Å²) in [5, 5.41) is 0. The first-order valence-corrected chi connectivity index (χ1v) is 3.82. The van der Waals surface area contributed by atoms with Gasteiger partial charge in [-0.25, -0.2) is 0 Å². The van der Waals surface area contributed by atoms with Crippen LogP contribution in [0.25, 0.3) is 0 Å². The molecule has 0 aliphatic rings. The Labute approximate surface area is 68.8 Å². The maximum absolute atomic E-state index is 11.1. The molecule has 0 N–H and O–H groups in total. The first-order chi connectivity index (χ1) is 5.06. The average Bonchev–Trinajstić information content (AvgIpc) is 2.00. The Balaban J connectivity index is 4.34. The standard InChI is InChI=1S/C10H16O/c1-5-7-8-10(4,6-2)9(3)11/h5-7H,2,8H2,1,3-4H3. The molecular weight excluding hydrogens is 136 g/mol. The number of hydrogen-bond acceptors (Lipinski definition) is 1. The van der Waals surface area contributed by atoms with E-state index >= 15 is 0 Å². The highest BCUT2D eigenvalue weighted by atomic mass is 16.1. The number of allylic oxidation sites excluding steroid dienone is 3. The highest BCUT2D eigenvalue weighted by molar-refractivity contribution is 5.83. The Hall–Kier alpha value is -0.850. The highest BCUT2D eigenvalue weighted by Gasteiger charge is 2.23. The van der Waals surface area contributed by atoms with Crippen molar-refractivity contribution in [2.75, 3.05) is 0 Å². The largest absolute Gasteiger partial charge is 0.299 e. The van der Waals surface area contributed by atoms with Crippen LogP contribution in [-0.4, -0.2) is 5.78 Å². The molecule has 62 valence electrons. The zero-order valence-corrected chi connectivity index (χ0v) is 7.55. The summed E-state index contributed by atoms with van der Waals surface area (Å²) in [5.74, 6) is 0.172. The Kier molecular flexibility index (Phi) is 3.80. The van der Waals surface area contributed by atoms with Gasteiger partial charge in [0, 0.05) is 5.41 Å². The van der Waals surface area contributed by atoms with Crippen molar-refractivity contribution in [1.82, 2.24) is 0 Å². The van der Waals surface area contributed by atoms with Crippen LogP contribution in [0.5, 0.6) is 0 Å². The van der Waals surface area contributed by atoms with E-state index in [2.05, 4.69) is 6.58 Å². The van der Waals surface area contributed by atoms with Gasteiger partial charge in [0.05, 0.1) is 0 Å². The van der Waals surface area contributed by atoms with Gasteiger partial charge in [-0.1, -0.05) is 18.2 Å². The summed E-state index contributed by atoms with van der Waals surface area (Å²) in [4.78, 5) is 11.1. The van der Waals surface area contributed by atoms with E-state index in [1.165, 1.54) is 0 Å². The number of ketones is 1. The minimum absolute atomic E-state index is 0.172. The molecule has 0 radical (unpaired) electrons. The van der Waals surface area contributed by atoms with Gasteiger partial charge in [0.2, 0.25) is 0 Å². The van der Waals surface area contributed by atoms with Gasteiger partial charge in [-0.3, -0.25) is 4.79 Å². The minimum Gasteiger partial charge on any atom is -0.299 e. The summed E-state index contributed by atoms with van der Waals surface area (Å²) < 4.78 is 0. The third kappa shape index (κ3) is 2.71. The molecule has 0 amide bonds. The van der Waals surface area contributed by atoms with E-state index in [0.717, 1.165) is 6.42 Å². The van der Waals surface area contributed by atoms with E-state index in [0.29, 0.717) is 0 Å². The topological polar surface area (TPSA) is 17.1 Å². The normalized spacial score (nSPS) is 16.3. The van der Waals surface area contributed by atoms with Crippen LogP contribution in [0.15, 0.2) is 24.8 Å². The van der Waals surface area contributed by atoms with Crippen molar-refractivity contribution < 1.29 is 4.79 Å². The fourth-order valence-corrected chi connectivity index (χ4v) is 0.733. The molecule has 1 unspecified atom stereocenters. The molecule has 1 atom stereocenters. The third-order valence-electron chi connectivity index (χ3n) is 2.03. The van der Waals surface area contributed by atoms with E-state index < -0.39 is 0 Å². The molecule has 11 heavy (non-hydrogen) atoms. The Morgan fingerprint density at radius 2 is 2.18 bits per heavy atom. The van der Waals surface area contributed by atoms with Crippen molar-refractivity contribution >= 4 is 5.78 Å². The molecule has 1 heteroatoms. The van der Waals surface area contributed by atoms with Crippen LogP contribution in [0.2, 0.25) is 0 Å². The van der Waals surface area contributed by atoms with Gasteiger partial charge in [-0.15, -0.1) is 6.58 Å². The Morgan fingerprint density at radius 1 is 1.64 bits per heavy atom. The molecule has 0 fully saturated rings. The maximum atomic E-state index is 11.1. The van der Waals surface area contributed by atoms with Crippen LogP contribution in [0, 0.1) is 5.41 Å².